The summed E-state index contributed by atoms with van der Waals surface area (Å²) in [7, 11) is 0. The van der Waals surface area contributed by atoms with E-state index in [1.165, 1.54) is 31.9 Å². The van der Waals surface area contributed by atoms with Gasteiger partial charge in [0.2, 0.25) is 0 Å². The molecule has 0 spiro atoms. The minimum absolute atomic E-state index is 0.156. The van der Waals surface area contributed by atoms with Crippen molar-refractivity contribution in [3.05, 3.63) is 64.4 Å². The zero-order valence-corrected chi connectivity index (χ0v) is 23.9. The molecule has 4 atom stereocenters. The van der Waals surface area contributed by atoms with Crippen molar-refractivity contribution in [2.75, 3.05) is 45.2 Å². The number of halogens is 2. The Morgan fingerprint density at radius 2 is 1.95 bits per heavy atom. The Morgan fingerprint density at radius 1 is 1.13 bits per heavy atom. The fourth-order valence-electron chi connectivity index (χ4n) is 5.46. The van der Waals surface area contributed by atoms with Crippen LogP contribution < -0.4 is 0 Å². The number of carbonyl (C=O) groups is 1. The number of hydrogen-bond acceptors (Lipinski definition) is 6. The predicted molar refractivity (Wildman–Crippen MR) is 156 cm³/mol. The van der Waals surface area contributed by atoms with Crippen LogP contribution in [0.3, 0.4) is 0 Å². The first kappa shape index (κ1) is 27.9. The van der Waals surface area contributed by atoms with Gasteiger partial charge in [0.25, 0.3) is 0 Å². The molecule has 1 saturated heterocycles. The van der Waals surface area contributed by atoms with Crippen molar-refractivity contribution in [3.8, 4) is 0 Å². The Bertz CT molecular complexity index is 1200. The minimum atomic E-state index is -0.940. The number of fused-ring (bicyclic) bond motifs is 1. The molecule has 4 nitrogen and oxygen atoms in total. The van der Waals surface area contributed by atoms with Crippen LogP contribution in [0.1, 0.15) is 33.8 Å². The van der Waals surface area contributed by atoms with Crippen LogP contribution >= 0.6 is 34.7 Å². The Kier molecular flexibility index (Phi) is 10.0. The molecule has 0 amide bonds. The number of benzene rings is 2. The predicted octanol–water partition coefficient (Wildman–Crippen LogP) is 7.09. The Balaban J connectivity index is 1.07. The highest BCUT2D eigenvalue weighted by atomic mass is 35.5. The summed E-state index contributed by atoms with van der Waals surface area (Å²) in [4.78, 5) is 17.7. The minimum Gasteiger partial charge on any atom is -0.460 e. The average molecular weight is 576 g/mol. The molecular weight excluding hydrogens is 541 g/mol. The van der Waals surface area contributed by atoms with Gasteiger partial charge in [-0.15, -0.1) is 34.7 Å². The van der Waals surface area contributed by atoms with E-state index in [1.807, 2.05) is 18.2 Å². The summed E-state index contributed by atoms with van der Waals surface area (Å²) < 4.78 is 25.4. The molecule has 1 saturated carbocycles. The van der Waals surface area contributed by atoms with Crippen molar-refractivity contribution < 1.29 is 18.7 Å². The second-order valence-corrected chi connectivity index (χ2v) is 13.0. The fourth-order valence-corrected chi connectivity index (χ4v) is 8.14. The molecule has 2 aliphatic rings. The van der Waals surface area contributed by atoms with Crippen molar-refractivity contribution in [1.82, 2.24) is 4.90 Å². The van der Waals surface area contributed by atoms with Gasteiger partial charge < -0.3 is 9.47 Å². The number of carbonyl (C=O) groups excluding carboxylic acids is 1. The maximum absolute atomic E-state index is 14.6. The zero-order valence-electron chi connectivity index (χ0n) is 21.5. The SMILES string of the molecule is O=C(OCCN1CCOCC1)c1ccc(CCC[C@H]2CC(F)C(Cl)[C@@H]2CSc2ccc3ccccc3c2)s1. The zero-order chi connectivity index (χ0) is 26.3. The van der Waals surface area contributed by atoms with Crippen molar-refractivity contribution in [2.45, 2.75) is 42.1 Å². The first-order valence-electron chi connectivity index (χ1n) is 13.5. The van der Waals surface area contributed by atoms with E-state index in [2.05, 4.69) is 41.3 Å². The van der Waals surface area contributed by atoms with Crippen LogP contribution in [0, 0.1) is 11.8 Å². The first-order valence-corrected chi connectivity index (χ1v) is 15.8. The summed E-state index contributed by atoms with van der Waals surface area (Å²) in [6.45, 7) is 4.40. The van der Waals surface area contributed by atoms with Crippen molar-refractivity contribution in [1.29, 1.82) is 0 Å². The maximum Gasteiger partial charge on any atom is 0.348 e. The monoisotopic (exact) mass is 575 g/mol. The van der Waals surface area contributed by atoms with Gasteiger partial charge >= 0.3 is 5.97 Å². The lowest BCUT2D eigenvalue weighted by Gasteiger charge is -2.26. The summed E-state index contributed by atoms with van der Waals surface area (Å²) in [5.41, 5.74) is 0. The quantitative estimate of drug-likeness (QED) is 0.139. The molecule has 1 aromatic heterocycles. The number of esters is 1. The number of alkyl halides is 2. The lowest BCUT2D eigenvalue weighted by molar-refractivity contribution is 0.0197. The number of thioether (sulfide) groups is 1. The van der Waals surface area contributed by atoms with Crippen LogP contribution in [0.4, 0.5) is 4.39 Å². The number of ether oxygens (including phenoxy) is 2. The Morgan fingerprint density at radius 3 is 2.79 bits per heavy atom. The molecule has 0 N–H and O–H groups in total. The van der Waals surface area contributed by atoms with E-state index < -0.39 is 11.5 Å². The number of aryl methyl sites for hydroxylation is 1. The molecule has 204 valence electrons. The largest absolute Gasteiger partial charge is 0.460 e. The van der Waals surface area contributed by atoms with E-state index in [-0.39, 0.29) is 17.8 Å². The molecule has 1 aliphatic carbocycles. The molecule has 2 unspecified atom stereocenters. The second kappa shape index (κ2) is 13.6. The maximum atomic E-state index is 14.6. The normalized spacial score (nSPS) is 24.2. The van der Waals surface area contributed by atoms with E-state index in [0.717, 1.165) is 57.9 Å². The van der Waals surface area contributed by atoms with Crippen LogP contribution in [0.25, 0.3) is 10.8 Å². The summed E-state index contributed by atoms with van der Waals surface area (Å²) in [5.74, 6) is 1.02. The van der Waals surface area contributed by atoms with E-state index in [4.69, 9.17) is 21.1 Å². The molecule has 8 heteroatoms. The lowest BCUT2D eigenvalue weighted by Crippen LogP contribution is -2.38. The van der Waals surface area contributed by atoms with Crippen LogP contribution in [-0.4, -0.2) is 67.6 Å². The lowest BCUT2D eigenvalue weighted by atomic mass is 9.92. The smallest absolute Gasteiger partial charge is 0.348 e. The highest BCUT2D eigenvalue weighted by Gasteiger charge is 2.42. The molecule has 2 heterocycles. The van der Waals surface area contributed by atoms with Crippen LogP contribution in [0.15, 0.2) is 59.5 Å². The van der Waals surface area contributed by atoms with Gasteiger partial charge in [-0.1, -0.05) is 30.3 Å². The van der Waals surface area contributed by atoms with Gasteiger partial charge in [-0.2, -0.15) is 0 Å². The van der Waals surface area contributed by atoms with Gasteiger partial charge in [-0.05, 0) is 72.6 Å². The third-order valence-electron chi connectivity index (χ3n) is 7.66. The second-order valence-electron chi connectivity index (χ2n) is 10.2. The topological polar surface area (TPSA) is 38.8 Å². The van der Waals surface area contributed by atoms with E-state index in [1.54, 1.807) is 11.8 Å². The van der Waals surface area contributed by atoms with Gasteiger partial charge in [0.15, 0.2) is 0 Å². The van der Waals surface area contributed by atoms with Gasteiger partial charge in [0, 0.05) is 35.2 Å². The molecule has 3 aromatic rings. The number of morpholine rings is 1. The first-order chi connectivity index (χ1) is 18.6. The third kappa shape index (κ3) is 7.30. The molecule has 0 radical (unpaired) electrons. The van der Waals surface area contributed by atoms with E-state index >= 15 is 0 Å². The van der Waals surface area contributed by atoms with Gasteiger partial charge in [-0.25, -0.2) is 9.18 Å². The van der Waals surface area contributed by atoms with Crippen molar-refractivity contribution >= 4 is 51.4 Å². The van der Waals surface area contributed by atoms with Crippen LogP contribution in [0.2, 0.25) is 0 Å². The molecular formula is C30H35ClFNO3S2. The highest BCUT2D eigenvalue weighted by Crippen LogP contribution is 2.43. The van der Waals surface area contributed by atoms with Crippen LogP contribution in [0.5, 0.6) is 0 Å². The highest BCUT2D eigenvalue weighted by molar-refractivity contribution is 7.99. The van der Waals surface area contributed by atoms with Crippen molar-refractivity contribution in [3.63, 3.8) is 0 Å². The Hall–Kier alpha value is -1.64. The number of hydrogen-bond donors (Lipinski definition) is 0. The average Bonchev–Trinajstić information content (AvgIpc) is 3.52. The van der Waals surface area contributed by atoms with Crippen LogP contribution in [-0.2, 0) is 15.9 Å². The van der Waals surface area contributed by atoms with Crippen molar-refractivity contribution in [2.24, 2.45) is 11.8 Å². The summed E-state index contributed by atoms with van der Waals surface area (Å²) in [6, 6.07) is 18.7. The molecule has 0 bridgehead atoms. The molecule has 5 rings (SSSR count). The standard InChI is InChI=1S/C30H35ClFNO3S2/c31-29-26(20-37-25-9-8-21-4-1-2-5-22(21)18-25)23(19-27(29)32)6-3-7-24-10-11-28(38-24)30(34)36-17-14-33-12-15-35-16-13-33/h1-2,4-5,8-11,18,23,26-27,29H,3,6-7,12-17,19-20H2/t23-,26+,27?,29?/m0/s1. The fraction of sp³-hybridized carbons (Fsp3) is 0.500. The molecule has 38 heavy (non-hydrogen) atoms. The van der Waals surface area contributed by atoms with E-state index in [0.29, 0.717) is 17.9 Å². The molecule has 2 aromatic carbocycles. The van der Waals surface area contributed by atoms with Gasteiger partial charge in [0.1, 0.15) is 17.7 Å². The van der Waals surface area contributed by atoms with Gasteiger partial charge in [0.05, 0.1) is 18.6 Å². The third-order valence-corrected chi connectivity index (χ3v) is 10.5. The van der Waals surface area contributed by atoms with Gasteiger partial charge in [-0.3, -0.25) is 4.90 Å². The summed E-state index contributed by atoms with van der Waals surface area (Å²) in [6.07, 6.45) is 2.40. The molecule has 1 aliphatic heterocycles. The Labute approximate surface area is 237 Å². The molecule has 2 fully saturated rings. The number of nitrogens with zero attached hydrogens (tertiary/aromatic N) is 1. The summed E-state index contributed by atoms with van der Waals surface area (Å²) >= 11 is 9.85. The summed E-state index contributed by atoms with van der Waals surface area (Å²) in [5, 5.41) is 2.03. The van der Waals surface area contributed by atoms with E-state index in [9.17, 15) is 9.18 Å². The number of rotatable bonds is 11. The number of thiophene rings is 1.